The summed E-state index contributed by atoms with van der Waals surface area (Å²) < 4.78 is 1.44. The van der Waals surface area contributed by atoms with Gasteiger partial charge >= 0.3 is 12.0 Å². The van der Waals surface area contributed by atoms with Crippen LogP contribution in [-0.4, -0.2) is 106 Å². The first-order chi connectivity index (χ1) is 24.8. The number of thioether (sulfide) groups is 2. The molecular formula is C31H32N12O7S2. The summed E-state index contributed by atoms with van der Waals surface area (Å²) in [5.41, 5.74) is 6.57. The number of nitrogens with one attached hydrogen (secondary N) is 3. The summed E-state index contributed by atoms with van der Waals surface area (Å²) in [5, 5.41) is 36.5. The number of nitrogens with zero attached hydrogens (tertiary/aromatic N) is 8. The molecule has 2 aromatic heterocycles. The van der Waals surface area contributed by atoms with Gasteiger partial charge in [-0.15, -0.1) is 16.9 Å². The topological polar surface area (TPSA) is 258 Å². The van der Waals surface area contributed by atoms with E-state index in [9.17, 15) is 34.2 Å². The highest BCUT2D eigenvalue weighted by Gasteiger charge is 2.55. The number of hydrogen-bond donors (Lipinski definition) is 6. The van der Waals surface area contributed by atoms with Gasteiger partial charge in [-0.05, 0) is 58.0 Å². The number of hydrogen-bond acceptors (Lipinski definition) is 14. The molecule has 1 fully saturated rings. The number of nitrogens with two attached hydrogens (primary N) is 1. The van der Waals surface area contributed by atoms with Crippen LogP contribution in [0, 0.1) is 0 Å². The highest BCUT2D eigenvalue weighted by Crippen LogP contribution is 2.42. The number of β-lactam (4-membered cyclic amide) rings is 1. The Kier molecular flexibility index (Phi) is 10.1. The van der Waals surface area contributed by atoms with Gasteiger partial charge in [0.2, 0.25) is 17.0 Å². The van der Waals surface area contributed by atoms with Crippen LogP contribution in [0.5, 0.6) is 5.75 Å². The summed E-state index contributed by atoms with van der Waals surface area (Å²) in [4.78, 5) is 77.0. The van der Waals surface area contributed by atoms with E-state index in [2.05, 4.69) is 36.1 Å². The van der Waals surface area contributed by atoms with E-state index >= 15 is 0 Å². The summed E-state index contributed by atoms with van der Waals surface area (Å²) in [6.45, 7) is 0. The number of aromatic amines is 1. The minimum Gasteiger partial charge on any atom is -0.508 e. The standard InChI is InChI=1S/C31H32N12O7S2/c1-40(2)18-8-6-17(7-9-18)34-30-33-12-20(24(45)36-30)42(29(32)50)22(15-4-10-19(44)11-5-15)25(46)35-21-26(47)43-23(28(48)49)16(13-51-27(21)43)14-52-31-37-38-39-41(31)3/h4-12,21-22,27,44H,13-14H2,1-3H3,(H2,32,50)(H,35,46)(H,48,49)(H2,33,34,36,45)/t21?,22?,27-/m1/s1. The maximum Gasteiger partial charge on any atom is 0.352 e. The Morgan fingerprint density at radius 3 is 2.44 bits per heavy atom. The van der Waals surface area contributed by atoms with Crippen molar-refractivity contribution in [1.82, 2.24) is 40.4 Å². The molecule has 1 saturated heterocycles. The fourth-order valence-electron chi connectivity index (χ4n) is 5.58. The van der Waals surface area contributed by atoms with E-state index in [-0.39, 0.29) is 40.2 Å². The van der Waals surface area contributed by atoms with Crippen molar-refractivity contribution in [1.29, 1.82) is 0 Å². The number of H-pyrrole nitrogens is 1. The van der Waals surface area contributed by atoms with Crippen LogP contribution in [0.25, 0.3) is 0 Å². The third kappa shape index (κ3) is 7.07. The molecular weight excluding hydrogens is 717 g/mol. The van der Waals surface area contributed by atoms with Crippen LogP contribution in [0.4, 0.5) is 27.8 Å². The first-order valence-electron chi connectivity index (χ1n) is 15.4. The number of phenols is 1. The van der Waals surface area contributed by atoms with Gasteiger partial charge in [-0.3, -0.25) is 29.2 Å². The van der Waals surface area contributed by atoms with Crippen LogP contribution >= 0.6 is 23.5 Å². The smallest absolute Gasteiger partial charge is 0.352 e. The number of tetrazole rings is 1. The van der Waals surface area contributed by atoms with Gasteiger partial charge in [-0.25, -0.2) is 19.3 Å². The number of anilines is 4. The van der Waals surface area contributed by atoms with E-state index in [0.29, 0.717) is 16.4 Å². The van der Waals surface area contributed by atoms with Gasteiger partial charge in [0.25, 0.3) is 11.5 Å². The number of rotatable bonds is 12. The van der Waals surface area contributed by atoms with Gasteiger partial charge in [0.15, 0.2) is 0 Å². The second kappa shape index (κ2) is 14.6. The van der Waals surface area contributed by atoms with Crippen molar-refractivity contribution in [3.63, 3.8) is 0 Å². The highest BCUT2D eigenvalue weighted by molar-refractivity contribution is 8.01. The second-order valence-corrected chi connectivity index (χ2v) is 13.8. The number of fused-ring (bicyclic) bond motifs is 1. The number of aryl methyl sites for hydroxylation is 1. The van der Waals surface area contributed by atoms with Gasteiger partial charge in [0, 0.05) is 44.0 Å². The highest BCUT2D eigenvalue weighted by atomic mass is 32.2. The predicted octanol–water partition coefficient (Wildman–Crippen LogP) is 0.966. The fourth-order valence-corrected chi connectivity index (χ4v) is 7.92. The predicted molar refractivity (Wildman–Crippen MR) is 191 cm³/mol. The first kappa shape index (κ1) is 35.7. The Morgan fingerprint density at radius 1 is 1.13 bits per heavy atom. The van der Waals surface area contributed by atoms with Gasteiger partial charge in [0.1, 0.15) is 34.6 Å². The molecule has 52 heavy (non-hydrogen) atoms. The average molecular weight is 749 g/mol. The number of phenolic OH excluding ortho intramolecular Hbond substituents is 1. The molecule has 2 aliphatic heterocycles. The summed E-state index contributed by atoms with van der Waals surface area (Å²) >= 11 is 2.46. The van der Waals surface area contributed by atoms with E-state index in [0.717, 1.165) is 21.7 Å². The normalized spacial score (nSPS) is 17.1. The molecule has 2 aromatic carbocycles. The van der Waals surface area contributed by atoms with Crippen molar-refractivity contribution < 1.29 is 29.4 Å². The second-order valence-electron chi connectivity index (χ2n) is 11.7. The first-order valence-corrected chi connectivity index (χ1v) is 17.4. The Labute approximate surface area is 303 Å². The number of carbonyl (C=O) groups excluding carboxylic acids is 3. The van der Waals surface area contributed by atoms with E-state index in [1.807, 2.05) is 31.1 Å². The van der Waals surface area contributed by atoms with Crippen LogP contribution in [0.2, 0.25) is 0 Å². The molecule has 4 amide bonds. The monoisotopic (exact) mass is 748 g/mol. The third-order valence-electron chi connectivity index (χ3n) is 8.14. The van der Waals surface area contributed by atoms with Crippen LogP contribution in [0.15, 0.2) is 75.9 Å². The van der Waals surface area contributed by atoms with Crippen molar-refractivity contribution in [2.45, 2.75) is 22.6 Å². The number of urea groups is 1. The van der Waals surface area contributed by atoms with Crippen LogP contribution in [0.3, 0.4) is 0 Å². The lowest BCUT2D eigenvalue weighted by atomic mass is 10.00. The van der Waals surface area contributed by atoms with E-state index in [1.54, 1.807) is 19.2 Å². The Balaban J connectivity index is 1.25. The molecule has 0 bridgehead atoms. The number of amides is 4. The molecule has 19 nitrogen and oxygen atoms in total. The molecule has 270 valence electrons. The molecule has 4 heterocycles. The van der Waals surface area contributed by atoms with Crippen LogP contribution in [-0.2, 0) is 21.4 Å². The molecule has 4 aromatic rings. The molecule has 21 heteroatoms. The van der Waals surface area contributed by atoms with Crippen molar-refractivity contribution in [3.05, 3.63) is 81.9 Å². The van der Waals surface area contributed by atoms with Gasteiger partial charge in [-0.1, -0.05) is 23.9 Å². The average Bonchev–Trinajstić information content (AvgIpc) is 3.53. The molecule has 3 atom stereocenters. The molecule has 0 saturated carbocycles. The summed E-state index contributed by atoms with van der Waals surface area (Å²) in [6.07, 6.45) is 1.08. The molecule has 2 unspecified atom stereocenters. The number of aromatic nitrogens is 6. The molecule has 0 radical (unpaired) electrons. The molecule has 0 spiro atoms. The third-order valence-corrected chi connectivity index (χ3v) is 10.6. The number of aromatic hydroxyl groups is 1. The SMILES string of the molecule is CN(C)c1ccc(Nc2ncc(N(C(N)=O)C(C(=O)NC3C(=O)N4C(C(=O)O)=C(CSc5nnnn5C)CS[C@H]34)c3ccc(O)cc3)c(=O)[nH]2)cc1. The quantitative estimate of drug-likeness (QED) is 0.0871. The summed E-state index contributed by atoms with van der Waals surface area (Å²) in [5.74, 6) is -2.56. The number of benzene rings is 2. The van der Waals surface area contributed by atoms with Crippen LogP contribution < -0.4 is 31.7 Å². The fraction of sp³-hybridized carbons (Fsp3) is 0.258. The number of carboxylic acids is 1. The van der Waals surface area contributed by atoms with Crippen molar-refractivity contribution in [2.75, 3.05) is 40.7 Å². The van der Waals surface area contributed by atoms with Gasteiger partial charge in [-0.2, -0.15) is 0 Å². The van der Waals surface area contributed by atoms with Crippen LogP contribution in [0.1, 0.15) is 11.6 Å². The lowest BCUT2D eigenvalue weighted by Crippen LogP contribution is -2.71. The number of carbonyl (C=O) groups is 4. The van der Waals surface area contributed by atoms with Crippen molar-refractivity contribution in [2.24, 2.45) is 12.8 Å². The zero-order chi connectivity index (χ0) is 37.3. The minimum absolute atomic E-state index is 0.0456. The lowest BCUT2D eigenvalue weighted by molar-refractivity contribution is -0.150. The Bertz CT molecular complexity index is 2120. The van der Waals surface area contributed by atoms with E-state index in [4.69, 9.17) is 5.73 Å². The molecule has 0 aliphatic carbocycles. The Hall–Kier alpha value is -6.09. The van der Waals surface area contributed by atoms with Gasteiger partial charge < -0.3 is 31.5 Å². The summed E-state index contributed by atoms with van der Waals surface area (Å²) in [6, 6.07) is 8.57. The zero-order valence-electron chi connectivity index (χ0n) is 27.7. The van der Waals surface area contributed by atoms with Gasteiger partial charge in [0.05, 0.1) is 6.20 Å². The minimum atomic E-state index is -1.62. The number of aliphatic carboxylic acids is 1. The maximum atomic E-state index is 14.1. The van der Waals surface area contributed by atoms with E-state index in [1.165, 1.54) is 52.5 Å². The van der Waals surface area contributed by atoms with Crippen molar-refractivity contribution in [3.8, 4) is 5.75 Å². The lowest BCUT2D eigenvalue weighted by Gasteiger charge is -2.49. The Morgan fingerprint density at radius 2 is 1.85 bits per heavy atom. The molecule has 7 N–H and O–H groups in total. The molecule has 2 aliphatic rings. The maximum absolute atomic E-state index is 14.1. The number of carboxylic acid groups (broad SMARTS) is 1. The largest absolute Gasteiger partial charge is 0.508 e. The molecule has 6 rings (SSSR count). The zero-order valence-corrected chi connectivity index (χ0v) is 29.4. The van der Waals surface area contributed by atoms with E-state index < -0.39 is 46.8 Å². The number of primary amides is 1. The van der Waals surface area contributed by atoms with Crippen molar-refractivity contribution >= 4 is 70.3 Å². The summed E-state index contributed by atoms with van der Waals surface area (Å²) in [7, 11) is 5.44.